The van der Waals surface area contributed by atoms with Crippen molar-refractivity contribution in [3.8, 4) is 37.0 Å². The van der Waals surface area contributed by atoms with Crippen LogP contribution in [-0.4, -0.2) is 32.0 Å². The zero-order valence-corrected chi connectivity index (χ0v) is 11.4. The molecule has 0 fully saturated rings. The second-order valence-corrected chi connectivity index (χ2v) is 5.26. The van der Waals surface area contributed by atoms with Gasteiger partial charge in [-0.25, -0.2) is 0 Å². The maximum Gasteiger partial charge on any atom is 0.341 e. The molecule has 0 aliphatic rings. The van der Waals surface area contributed by atoms with Crippen LogP contribution in [0.15, 0.2) is 0 Å². The standard InChI is InChI=1S/C13H15O5P/c1-4-7-10-17-19(15,18-11-8-5-2)12-13(14)16-9-6-3/h1-3H,7-12H2. The van der Waals surface area contributed by atoms with Crippen LogP contribution < -0.4 is 0 Å². The van der Waals surface area contributed by atoms with Crippen LogP contribution in [0.1, 0.15) is 12.8 Å². The summed E-state index contributed by atoms with van der Waals surface area (Å²) in [6.07, 6.45) is 15.0. The molecule has 102 valence electrons. The first-order valence-corrected chi connectivity index (χ1v) is 7.15. The highest BCUT2D eigenvalue weighted by Gasteiger charge is 2.29. The smallest absolute Gasteiger partial charge is 0.341 e. The van der Waals surface area contributed by atoms with Crippen LogP contribution in [0, 0.1) is 37.0 Å². The van der Waals surface area contributed by atoms with E-state index in [4.69, 9.17) is 28.3 Å². The van der Waals surface area contributed by atoms with Gasteiger partial charge in [-0.1, -0.05) is 5.92 Å². The molecule has 0 heterocycles. The van der Waals surface area contributed by atoms with Gasteiger partial charge in [-0.3, -0.25) is 9.36 Å². The lowest BCUT2D eigenvalue weighted by atomic mass is 10.5. The van der Waals surface area contributed by atoms with Crippen LogP contribution in [0.5, 0.6) is 0 Å². The highest BCUT2D eigenvalue weighted by molar-refractivity contribution is 7.54. The molecule has 0 aromatic rings. The van der Waals surface area contributed by atoms with Crippen molar-refractivity contribution in [1.82, 2.24) is 0 Å². The maximum atomic E-state index is 12.2. The van der Waals surface area contributed by atoms with Gasteiger partial charge in [-0.2, -0.15) is 0 Å². The Morgan fingerprint density at radius 3 is 1.95 bits per heavy atom. The topological polar surface area (TPSA) is 61.8 Å². The van der Waals surface area contributed by atoms with Crippen LogP contribution in [0.3, 0.4) is 0 Å². The highest BCUT2D eigenvalue weighted by atomic mass is 31.2. The zero-order valence-electron chi connectivity index (χ0n) is 10.5. The third kappa shape index (κ3) is 8.95. The molecule has 0 saturated carbocycles. The Morgan fingerprint density at radius 1 is 1.00 bits per heavy atom. The number of ether oxygens (including phenoxy) is 1. The molecule has 0 aromatic heterocycles. The third-order valence-electron chi connectivity index (χ3n) is 1.71. The Hall–Kier alpha value is -1.70. The van der Waals surface area contributed by atoms with Crippen LogP contribution in [0.2, 0.25) is 0 Å². The van der Waals surface area contributed by atoms with Crippen molar-refractivity contribution in [2.24, 2.45) is 0 Å². The average Bonchev–Trinajstić information content (AvgIpc) is 2.37. The van der Waals surface area contributed by atoms with Gasteiger partial charge in [0.25, 0.3) is 0 Å². The molecule has 0 aromatic carbocycles. The molecular formula is C13H15O5P. The molecule has 5 nitrogen and oxygen atoms in total. The van der Waals surface area contributed by atoms with Gasteiger partial charge in [0.05, 0.1) is 13.2 Å². The van der Waals surface area contributed by atoms with Gasteiger partial charge >= 0.3 is 13.6 Å². The number of hydrogen-bond donors (Lipinski definition) is 0. The van der Waals surface area contributed by atoms with Crippen LogP contribution in [0.4, 0.5) is 0 Å². The van der Waals surface area contributed by atoms with Crippen molar-refractivity contribution < 1.29 is 23.1 Å². The highest BCUT2D eigenvalue weighted by Crippen LogP contribution is 2.48. The molecule has 0 bridgehead atoms. The van der Waals surface area contributed by atoms with E-state index in [1.165, 1.54) is 0 Å². The normalized spacial score (nSPS) is 9.95. The Kier molecular flexibility index (Phi) is 9.33. The minimum Gasteiger partial charge on any atom is -0.452 e. The summed E-state index contributed by atoms with van der Waals surface area (Å²) in [5.74, 6) is 6.00. The summed E-state index contributed by atoms with van der Waals surface area (Å²) in [6.45, 7) is -0.161. The second-order valence-electron chi connectivity index (χ2n) is 3.21. The van der Waals surface area contributed by atoms with E-state index in [1.807, 2.05) is 0 Å². The molecule has 0 N–H and O–H groups in total. The minimum atomic E-state index is -3.61. The Bertz CT molecular complexity index is 425. The number of terminal acetylenes is 3. The molecule has 0 saturated heterocycles. The number of hydrogen-bond acceptors (Lipinski definition) is 5. The maximum absolute atomic E-state index is 12.2. The Morgan fingerprint density at radius 2 is 1.53 bits per heavy atom. The third-order valence-corrected chi connectivity index (χ3v) is 3.51. The van der Waals surface area contributed by atoms with Gasteiger partial charge in [-0.05, 0) is 0 Å². The van der Waals surface area contributed by atoms with Crippen LogP contribution >= 0.6 is 7.60 Å². The van der Waals surface area contributed by atoms with E-state index >= 15 is 0 Å². The van der Waals surface area contributed by atoms with E-state index in [-0.39, 0.29) is 32.7 Å². The summed E-state index contributed by atoms with van der Waals surface area (Å²) in [4.78, 5) is 11.4. The van der Waals surface area contributed by atoms with E-state index in [1.54, 1.807) is 0 Å². The van der Waals surface area contributed by atoms with Gasteiger partial charge < -0.3 is 13.8 Å². The van der Waals surface area contributed by atoms with Crippen molar-refractivity contribution in [1.29, 1.82) is 0 Å². The zero-order chi connectivity index (χ0) is 14.6. The molecule has 6 heteroatoms. The lowest BCUT2D eigenvalue weighted by Gasteiger charge is -2.16. The monoisotopic (exact) mass is 282 g/mol. The summed E-state index contributed by atoms with van der Waals surface area (Å²) in [7, 11) is -3.61. The first-order valence-electron chi connectivity index (χ1n) is 5.42. The lowest BCUT2D eigenvalue weighted by molar-refractivity contribution is -0.139. The van der Waals surface area contributed by atoms with Crippen LogP contribution in [0.25, 0.3) is 0 Å². The van der Waals surface area contributed by atoms with Gasteiger partial charge in [0.15, 0.2) is 6.61 Å². The molecule has 0 radical (unpaired) electrons. The molecule has 0 aliphatic carbocycles. The van der Waals surface area contributed by atoms with E-state index in [0.29, 0.717) is 0 Å². The largest absolute Gasteiger partial charge is 0.452 e. The molecule has 0 aliphatic heterocycles. The lowest BCUT2D eigenvalue weighted by Crippen LogP contribution is -2.14. The van der Waals surface area contributed by atoms with E-state index in [2.05, 4.69) is 22.5 Å². The van der Waals surface area contributed by atoms with Crippen molar-refractivity contribution in [2.45, 2.75) is 12.8 Å². The molecule has 0 rings (SSSR count). The van der Waals surface area contributed by atoms with Gasteiger partial charge in [0, 0.05) is 12.8 Å². The summed E-state index contributed by atoms with van der Waals surface area (Å²) < 4.78 is 26.9. The van der Waals surface area contributed by atoms with Gasteiger partial charge in [0.2, 0.25) is 0 Å². The molecule has 0 spiro atoms. The average molecular weight is 282 g/mol. The summed E-state index contributed by atoms with van der Waals surface area (Å²) in [5.41, 5.74) is 0. The summed E-state index contributed by atoms with van der Waals surface area (Å²) in [6, 6.07) is 0. The molecule has 19 heavy (non-hydrogen) atoms. The first kappa shape index (κ1) is 17.3. The number of carbonyl (C=O) groups excluding carboxylic acids is 1. The Balaban J connectivity index is 4.44. The SMILES string of the molecule is C#CCCOP(=O)(CC(=O)OCC#C)OCCC#C. The number of rotatable bonds is 9. The predicted molar refractivity (Wildman–Crippen MR) is 71.1 cm³/mol. The van der Waals surface area contributed by atoms with Gasteiger partial charge in [0.1, 0.15) is 6.16 Å². The fourth-order valence-electron chi connectivity index (χ4n) is 0.942. The van der Waals surface area contributed by atoms with Crippen molar-refractivity contribution in [2.75, 3.05) is 26.0 Å². The summed E-state index contributed by atoms with van der Waals surface area (Å²) >= 11 is 0. The number of carbonyl (C=O) groups is 1. The molecule has 0 unspecified atom stereocenters. The number of esters is 1. The Labute approximate surface area is 113 Å². The fraction of sp³-hybridized carbons (Fsp3) is 0.462. The molecular weight excluding hydrogens is 267 g/mol. The minimum absolute atomic E-state index is 0.0201. The second kappa shape index (κ2) is 10.2. The van der Waals surface area contributed by atoms with E-state index in [9.17, 15) is 9.36 Å². The fourth-order valence-corrected chi connectivity index (χ4v) is 2.35. The summed E-state index contributed by atoms with van der Waals surface area (Å²) in [5, 5.41) is 0. The molecule has 0 atom stereocenters. The van der Waals surface area contributed by atoms with Crippen LogP contribution in [-0.2, 0) is 23.1 Å². The van der Waals surface area contributed by atoms with Crippen molar-refractivity contribution in [3.05, 3.63) is 0 Å². The van der Waals surface area contributed by atoms with Crippen molar-refractivity contribution >= 4 is 13.6 Å². The first-order chi connectivity index (χ1) is 9.08. The van der Waals surface area contributed by atoms with Crippen molar-refractivity contribution in [3.63, 3.8) is 0 Å². The van der Waals surface area contributed by atoms with E-state index < -0.39 is 19.7 Å². The van der Waals surface area contributed by atoms with Gasteiger partial charge in [-0.15, -0.1) is 31.1 Å². The van der Waals surface area contributed by atoms with E-state index in [0.717, 1.165) is 0 Å². The molecule has 0 amide bonds. The predicted octanol–water partition coefficient (Wildman–Crippen LogP) is 1.44. The quantitative estimate of drug-likeness (QED) is 0.277.